The van der Waals surface area contributed by atoms with Crippen LogP contribution in [0.2, 0.25) is 0 Å². The van der Waals surface area contributed by atoms with E-state index in [1.165, 1.54) is 15.9 Å². The fraction of sp³-hybridized carbons (Fsp3) is 0.750. The van der Waals surface area contributed by atoms with Crippen molar-refractivity contribution in [3.8, 4) is 0 Å². The van der Waals surface area contributed by atoms with Crippen LogP contribution in [0.15, 0.2) is 0 Å². The van der Waals surface area contributed by atoms with Gasteiger partial charge in [0.05, 0.1) is 0 Å². The molecule has 13 heavy (non-hydrogen) atoms. The third-order valence-corrected chi connectivity index (χ3v) is 2.49. The van der Waals surface area contributed by atoms with Gasteiger partial charge in [0.1, 0.15) is 5.97 Å². The quantitative estimate of drug-likeness (QED) is 0.580. The average molecular weight is 290 g/mol. The topological polar surface area (TPSA) is 40.1 Å². The lowest BCUT2D eigenvalue weighted by atomic mass is 10.2. The van der Waals surface area contributed by atoms with E-state index >= 15 is 0 Å². The normalized spacial score (nSPS) is 18.1. The lowest BCUT2D eigenvalue weighted by Gasteiger charge is -2.31. The summed E-state index contributed by atoms with van der Waals surface area (Å²) < 4.78 is 55.8. The summed E-state index contributed by atoms with van der Waals surface area (Å²) in [6.45, 7) is 0. The van der Waals surface area contributed by atoms with Gasteiger partial charge in [-0.25, -0.2) is 4.39 Å². The molecule has 0 N–H and O–H groups in total. The molecule has 2 nitrogen and oxygen atoms in total. The highest BCUT2D eigenvalue weighted by Gasteiger charge is 2.69. The molecule has 0 heterocycles. The molecule has 0 aromatic carbocycles. The SMILES string of the molecule is O=C([O-])C(F)(F)[C@@](F)(Br)C(F)(F)Cl. The van der Waals surface area contributed by atoms with E-state index < -0.39 is 21.9 Å². The molecular formula is C4BrClF5O2-. The van der Waals surface area contributed by atoms with Crippen LogP contribution in [0.4, 0.5) is 22.0 Å². The molecule has 0 amide bonds. The smallest absolute Gasteiger partial charge is 0.371 e. The first-order valence-electron chi connectivity index (χ1n) is 2.48. The Kier molecular flexibility index (Phi) is 3.20. The number of rotatable bonds is 3. The highest BCUT2D eigenvalue weighted by molar-refractivity contribution is 9.10. The van der Waals surface area contributed by atoms with E-state index in [1.807, 2.05) is 0 Å². The molecule has 0 saturated heterocycles. The monoisotopic (exact) mass is 289 g/mol. The van der Waals surface area contributed by atoms with Crippen LogP contribution in [0, 0.1) is 0 Å². The van der Waals surface area contributed by atoms with Crippen LogP contribution in [0.5, 0.6) is 0 Å². The second kappa shape index (κ2) is 3.23. The van der Waals surface area contributed by atoms with Crippen LogP contribution in [0.3, 0.4) is 0 Å². The highest BCUT2D eigenvalue weighted by atomic mass is 79.9. The number of carbonyl (C=O) groups excluding carboxylic acids is 1. The average Bonchev–Trinajstić information content (AvgIpc) is 1.84. The number of hydrogen-bond donors (Lipinski definition) is 0. The van der Waals surface area contributed by atoms with Gasteiger partial charge in [-0.2, -0.15) is 17.6 Å². The lowest BCUT2D eigenvalue weighted by Crippen LogP contribution is -2.59. The maximum atomic E-state index is 12.5. The first kappa shape index (κ1) is 12.9. The second-order valence-electron chi connectivity index (χ2n) is 1.93. The summed E-state index contributed by atoms with van der Waals surface area (Å²) in [6.07, 6.45) is 0. The summed E-state index contributed by atoms with van der Waals surface area (Å²) in [4.78, 5) is 9.59. The van der Waals surface area contributed by atoms with Gasteiger partial charge < -0.3 is 9.90 Å². The van der Waals surface area contributed by atoms with Gasteiger partial charge in [-0.05, 0) is 27.5 Å². The Morgan fingerprint density at radius 3 is 1.62 bits per heavy atom. The zero-order valence-electron chi connectivity index (χ0n) is 5.46. The minimum absolute atomic E-state index is 1.21. The molecule has 0 rings (SSSR count). The molecule has 0 aliphatic carbocycles. The van der Waals surface area contributed by atoms with Crippen molar-refractivity contribution in [1.29, 1.82) is 0 Å². The van der Waals surface area contributed by atoms with Crippen molar-refractivity contribution in [2.24, 2.45) is 0 Å². The molecule has 0 aliphatic rings. The number of carbonyl (C=O) groups is 1. The fourth-order valence-corrected chi connectivity index (χ4v) is 0.587. The molecule has 0 fully saturated rings. The standard InChI is InChI=1S/C4HBrClF5O2/c5-3(9,4(6,10)11)2(7,8)1(12)13/h(H,12,13)/p-1/t3-/m0/s1. The summed E-state index contributed by atoms with van der Waals surface area (Å²) >= 11 is 5.13. The van der Waals surface area contributed by atoms with E-state index in [1.54, 1.807) is 0 Å². The number of halogens is 7. The van der Waals surface area contributed by atoms with E-state index in [0.29, 0.717) is 0 Å². The molecule has 0 spiro atoms. The van der Waals surface area contributed by atoms with Gasteiger partial charge >= 0.3 is 15.9 Å². The van der Waals surface area contributed by atoms with Gasteiger partial charge in [-0.15, -0.1) is 0 Å². The number of carboxylic acid groups (broad SMARTS) is 1. The van der Waals surface area contributed by atoms with Gasteiger partial charge in [0.2, 0.25) is 0 Å². The Hall–Kier alpha value is -0.110. The third-order valence-electron chi connectivity index (χ3n) is 1.01. The number of hydrogen-bond acceptors (Lipinski definition) is 2. The van der Waals surface area contributed by atoms with Crippen LogP contribution in [0.1, 0.15) is 0 Å². The number of alkyl halides is 7. The van der Waals surface area contributed by atoms with Crippen molar-refractivity contribution < 1.29 is 31.9 Å². The van der Waals surface area contributed by atoms with Crippen molar-refractivity contribution in [1.82, 2.24) is 0 Å². The summed E-state index contributed by atoms with van der Waals surface area (Å²) in [7, 11) is 0. The predicted molar refractivity (Wildman–Crippen MR) is 33.5 cm³/mol. The van der Waals surface area contributed by atoms with Crippen LogP contribution in [-0.4, -0.2) is 21.9 Å². The Bertz CT molecular complexity index is 225. The lowest BCUT2D eigenvalue weighted by molar-refractivity contribution is -0.339. The molecule has 0 unspecified atom stereocenters. The molecule has 0 saturated carbocycles. The van der Waals surface area contributed by atoms with Gasteiger partial charge in [-0.1, -0.05) is 0 Å². The van der Waals surface area contributed by atoms with Crippen LogP contribution in [-0.2, 0) is 4.79 Å². The van der Waals surface area contributed by atoms with Gasteiger partial charge in [0.15, 0.2) is 0 Å². The Balaban J connectivity index is 5.16. The van der Waals surface area contributed by atoms with E-state index in [-0.39, 0.29) is 0 Å². The first-order valence-corrected chi connectivity index (χ1v) is 3.65. The molecule has 78 valence electrons. The first-order chi connectivity index (χ1) is 5.44. The van der Waals surface area contributed by atoms with E-state index in [2.05, 4.69) is 11.6 Å². The summed E-state index contributed by atoms with van der Waals surface area (Å²) in [5.41, 5.74) is 0. The second-order valence-corrected chi connectivity index (χ2v) is 3.50. The Labute approximate surface area is 81.8 Å². The minimum Gasteiger partial charge on any atom is -0.544 e. The Morgan fingerprint density at radius 1 is 1.23 bits per heavy atom. The molecule has 0 radical (unpaired) electrons. The maximum Gasteiger partial charge on any atom is 0.371 e. The molecule has 1 atom stereocenters. The largest absolute Gasteiger partial charge is 0.544 e. The van der Waals surface area contributed by atoms with Crippen molar-refractivity contribution in [3.05, 3.63) is 0 Å². The summed E-state index contributed by atoms with van der Waals surface area (Å²) in [5, 5.41) is 4.50. The molecule has 0 aliphatic heterocycles. The van der Waals surface area contributed by atoms with Gasteiger partial charge in [0, 0.05) is 0 Å². The molecule has 9 heteroatoms. The number of carboxylic acids is 1. The Morgan fingerprint density at radius 2 is 1.54 bits per heavy atom. The van der Waals surface area contributed by atoms with E-state index in [4.69, 9.17) is 0 Å². The van der Waals surface area contributed by atoms with Crippen molar-refractivity contribution >= 4 is 33.5 Å². The third kappa shape index (κ3) is 2.04. The molecular weight excluding hydrogens is 290 g/mol. The van der Waals surface area contributed by atoms with E-state index in [9.17, 15) is 31.9 Å². The highest BCUT2D eigenvalue weighted by Crippen LogP contribution is 2.50. The maximum absolute atomic E-state index is 12.5. The summed E-state index contributed by atoms with van der Waals surface area (Å²) in [6, 6.07) is 0. The van der Waals surface area contributed by atoms with Crippen LogP contribution >= 0.6 is 27.5 Å². The fourth-order valence-electron chi connectivity index (χ4n) is 0.306. The van der Waals surface area contributed by atoms with Gasteiger partial charge in [-0.3, -0.25) is 0 Å². The number of aliphatic carboxylic acids is 1. The van der Waals surface area contributed by atoms with Crippen molar-refractivity contribution in [2.45, 2.75) is 15.9 Å². The van der Waals surface area contributed by atoms with Gasteiger partial charge in [0.25, 0.3) is 0 Å². The minimum atomic E-state index is -5.45. The van der Waals surface area contributed by atoms with Crippen molar-refractivity contribution in [3.63, 3.8) is 0 Å². The predicted octanol–water partition coefficient (Wildman–Crippen LogP) is 1.26. The van der Waals surface area contributed by atoms with Crippen molar-refractivity contribution in [2.75, 3.05) is 0 Å². The molecule has 0 aromatic heterocycles. The van der Waals surface area contributed by atoms with Crippen LogP contribution < -0.4 is 5.11 Å². The zero-order valence-corrected chi connectivity index (χ0v) is 7.80. The van der Waals surface area contributed by atoms with Crippen LogP contribution in [0.25, 0.3) is 0 Å². The molecule has 0 bridgehead atoms. The summed E-state index contributed by atoms with van der Waals surface area (Å²) in [5.74, 6) is -8.75. The molecule has 0 aromatic rings. The zero-order chi connectivity index (χ0) is 11.1. The van der Waals surface area contributed by atoms with E-state index in [0.717, 1.165) is 0 Å².